The van der Waals surface area contributed by atoms with Gasteiger partial charge < -0.3 is 5.11 Å². The molecule has 0 spiro atoms. The zero-order valence-corrected chi connectivity index (χ0v) is 5.63. The van der Waals surface area contributed by atoms with Gasteiger partial charge in [-0.05, 0) is 6.92 Å². The lowest BCUT2D eigenvalue weighted by molar-refractivity contribution is 0.275. The number of hydrogen-bond acceptors (Lipinski definition) is 2. The predicted octanol–water partition coefficient (Wildman–Crippen LogP) is 1.02. The van der Waals surface area contributed by atoms with E-state index in [1.807, 2.05) is 0 Å². The zero-order chi connectivity index (χ0) is 7.56. The molecule has 54 valence electrons. The smallest absolute Gasteiger partial charge is 0.134 e. The minimum atomic E-state index is -0.363. The number of aromatic nitrogens is 1. The number of aryl methyl sites for hydroxylation is 1. The number of hydrogen-bond donors (Lipinski definition) is 1. The Morgan fingerprint density at radius 1 is 1.60 bits per heavy atom. The van der Waals surface area contributed by atoms with Crippen LogP contribution in [0, 0.1) is 12.7 Å². The Morgan fingerprint density at radius 2 is 2.30 bits per heavy atom. The normalized spacial score (nSPS) is 9.90. The largest absolute Gasteiger partial charge is 0.392 e. The van der Waals surface area contributed by atoms with Crippen LogP contribution in [0.3, 0.4) is 0 Å². The van der Waals surface area contributed by atoms with Crippen LogP contribution in [0.2, 0.25) is 0 Å². The predicted molar refractivity (Wildman–Crippen MR) is 34.9 cm³/mol. The minimum Gasteiger partial charge on any atom is -0.392 e. The molecule has 0 unspecified atom stereocenters. The van der Waals surface area contributed by atoms with E-state index in [2.05, 4.69) is 4.98 Å². The van der Waals surface area contributed by atoms with E-state index in [0.29, 0.717) is 5.56 Å². The summed E-state index contributed by atoms with van der Waals surface area (Å²) >= 11 is 0. The van der Waals surface area contributed by atoms with E-state index in [4.69, 9.17) is 5.11 Å². The van der Waals surface area contributed by atoms with Crippen LogP contribution < -0.4 is 0 Å². The lowest BCUT2D eigenvalue weighted by Crippen LogP contribution is -1.93. The Balaban J connectivity index is 3.14. The standard InChI is InChI=1S/C7H8FNO/c1-5-2-9-3-6(4-10)7(5)8/h2-3,10H,4H2,1H3. The second-order valence-electron chi connectivity index (χ2n) is 2.09. The van der Waals surface area contributed by atoms with E-state index in [0.717, 1.165) is 0 Å². The first-order chi connectivity index (χ1) is 4.75. The fourth-order valence-corrected chi connectivity index (χ4v) is 0.716. The highest BCUT2D eigenvalue weighted by molar-refractivity contribution is 5.18. The van der Waals surface area contributed by atoms with Gasteiger partial charge in [0.05, 0.1) is 6.61 Å². The molecule has 0 aliphatic carbocycles. The molecule has 1 aromatic rings. The van der Waals surface area contributed by atoms with Crippen LogP contribution in [-0.2, 0) is 6.61 Å². The molecule has 1 aromatic heterocycles. The van der Waals surface area contributed by atoms with E-state index in [1.54, 1.807) is 6.92 Å². The first-order valence-electron chi connectivity index (χ1n) is 2.95. The van der Waals surface area contributed by atoms with Crippen molar-refractivity contribution in [3.63, 3.8) is 0 Å². The quantitative estimate of drug-likeness (QED) is 0.633. The van der Waals surface area contributed by atoms with Gasteiger partial charge in [-0.2, -0.15) is 0 Å². The number of aliphatic hydroxyl groups is 1. The highest BCUT2D eigenvalue weighted by Crippen LogP contribution is 2.08. The molecule has 0 bridgehead atoms. The summed E-state index contributed by atoms with van der Waals surface area (Å²) in [5, 5.41) is 8.56. The molecule has 1 rings (SSSR count). The molecule has 0 atom stereocenters. The van der Waals surface area contributed by atoms with E-state index in [9.17, 15) is 4.39 Å². The third-order valence-corrected chi connectivity index (χ3v) is 1.30. The van der Waals surface area contributed by atoms with Gasteiger partial charge in [0.1, 0.15) is 5.82 Å². The van der Waals surface area contributed by atoms with Crippen molar-refractivity contribution in [2.75, 3.05) is 0 Å². The molecule has 1 heterocycles. The van der Waals surface area contributed by atoms with Gasteiger partial charge in [-0.3, -0.25) is 4.98 Å². The average Bonchev–Trinajstić information content (AvgIpc) is 1.95. The molecular formula is C7H8FNO. The lowest BCUT2D eigenvalue weighted by atomic mass is 10.2. The Bertz CT molecular complexity index is 237. The van der Waals surface area contributed by atoms with Gasteiger partial charge >= 0.3 is 0 Å². The molecule has 0 aliphatic rings. The van der Waals surface area contributed by atoms with Crippen LogP contribution in [0.5, 0.6) is 0 Å². The molecule has 3 heteroatoms. The van der Waals surface area contributed by atoms with Gasteiger partial charge in [0.15, 0.2) is 0 Å². The summed E-state index contributed by atoms with van der Waals surface area (Å²) in [5.41, 5.74) is 0.714. The molecule has 0 aliphatic heterocycles. The summed E-state index contributed by atoms with van der Waals surface area (Å²) in [7, 11) is 0. The molecule has 0 aromatic carbocycles. The van der Waals surface area contributed by atoms with Crippen LogP contribution in [0.25, 0.3) is 0 Å². The average molecular weight is 141 g/mol. The maximum atomic E-state index is 12.8. The number of rotatable bonds is 1. The van der Waals surface area contributed by atoms with Gasteiger partial charge in [-0.1, -0.05) is 0 Å². The third-order valence-electron chi connectivity index (χ3n) is 1.30. The Labute approximate surface area is 58.3 Å². The Morgan fingerprint density at radius 3 is 2.80 bits per heavy atom. The maximum Gasteiger partial charge on any atom is 0.134 e. The zero-order valence-electron chi connectivity index (χ0n) is 5.63. The number of nitrogens with zero attached hydrogens (tertiary/aromatic N) is 1. The van der Waals surface area contributed by atoms with Crippen LogP contribution in [0.15, 0.2) is 12.4 Å². The van der Waals surface area contributed by atoms with Crippen molar-refractivity contribution in [2.45, 2.75) is 13.5 Å². The van der Waals surface area contributed by atoms with Gasteiger partial charge in [0.25, 0.3) is 0 Å². The van der Waals surface area contributed by atoms with Crippen molar-refractivity contribution < 1.29 is 9.50 Å². The molecule has 0 fully saturated rings. The lowest BCUT2D eigenvalue weighted by Gasteiger charge is -1.98. The van der Waals surface area contributed by atoms with E-state index < -0.39 is 0 Å². The van der Waals surface area contributed by atoms with Crippen LogP contribution >= 0.6 is 0 Å². The van der Waals surface area contributed by atoms with E-state index >= 15 is 0 Å². The summed E-state index contributed by atoms with van der Waals surface area (Å²) in [4.78, 5) is 3.72. The summed E-state index contributed by atoms with van der Waals surface area (Å²) < 4.78 is 12.8. The van der Waals surface area contributed by atoms with Crippen molar-refractivity contribution in [3.8, 4) is 0 Å². The monoisotopic (exact) mass is 141 g/mol. The third kappa shape index (κ3) is 1.14. The van der Waals surface area contributed by atoms with Gasteiger partial charge in [0, 0.05) is 23.5 Å². The van der Waals surface area contributed by atoms with Gasteiger partial charge in [0.2, 0.25) is 0 Å². The summed E-state index contributed by atoms with van der Waals surface area (Å²) in [6.07, 6.45) is 2.75. The van der Waals surface area contributed by atoms with E-state index in [-0.39, 0.29) is 18.0 Å². The SMILES string of the molecule is Cc1cncc(CO)c1F. The van der Waals surface area contributed by atoms with Crippen molar-refractivity contribution in [3.05, 3.63) is 29.3 Å². The molecule has 0 saturated heterocycles. The van der Waals surface area contributed by atoms with Crippen LogP contribution in [0.4, 0.5) is 4.39 Å². The Hall–Kier alpha value is -0.960. The molecule has 0 radical (unpaired) electrons. The number of pyridine rings is 1. The van der Waals surface area contributed by atoms with Crippen molar-refractivity contribution >= 4 is 0 Å². The van der Waals surface area contributed by atoms with Crippen LogP contribution in [-0.4, -0.2) is 10.1 Å². The van der Waals surface area contributed by atoms with Crippen LogP contribution in [0.1, 0.15) is 11.1 Å². The number of halogens is 1. The topological polar surface area (TPSA) is 33.1 Å². The fraction of sp³-hybridized carbons (Fsp3) is 0.286. The maximum absolute atomic E-state index is 12.8. The molecule has 0 amide bonds. The molecule has 0 saturated carbocycles. The van der Waals surface area contributed by atoms with E-state index in [1.165, 1.54) is 12.4 Å². The first kappa shape index (κ1) is 7.15. The molecule has 10 heavy (non-hydrogen) atoms. The second kappa shape index (κ2) is 2.75. The fourth-order valence-electron chi connectivity index (χ4n) is 0.716. The molecule has 1 N–H and O–H groups in total. The molecular weight excluding hydrogens is 133 g/mol. The van der Waals surface area contributed by atoms with Crippen molar-refractivity contribution in [2.24, 2.45) is 0 Å². The Kier molecular flexibility index (Phi) is 1.97. The highest BCUT2D eigenvalue weighted by Gasteiger charge is 2.02. The van der Waals surface area contributed by atoms with Crippen molar-refractivity contribution in [1.29, 1.82) is 0 Å². The first-order valence-corrected chi connectivity index (χ1v) is 2.95. The second-order valence-corrected chi connectivity index (χ2v) is 2.09. The molecule has 2 nitrogen and oxygen atoms in total. The van der Waals surface area contributed by atoms with Gasteiger partial charge in [-0.15, -0.1) is 0 Å². The number of aliphatic hydroxyl groups excluding tert-OH is 1. The summed E-state index contributed by atoms with van der Waals surface area (Å²) in [6, 6.07) is 0. The van der Waals surface area contributed by atoms with Crippen molar-refractivity contribution in [1.82, 2.24) is 4.98 Å². The minimum absolute atomic E-state index is 0.250. The summed E-state index contributed by atoms with van der Waals surface area (Å²) in [5.74, 6) is -0.363. The summed E-state index contributed by atoms with van der Waals surface area (Å²) in [6.45, 7) is 1.32. The van der Waals surface area contributed by atoms with Gasteiger partial charge in [-0.25, -0.2) is 4.39 Å². The highest BCUT2D eigenvalue weighted by atomic mass is 19.1.